The number of aryl methyl sites for hydroxylation is 3. The Balaban J connectivity index is 0.000000184. The van der Waals surface area contributed by atoms with Crippen molar-refractivity contribution in [1.29, 1.82) is 0 Å². The van der Waals surface area contributed by atoms with Gasteiger partial charge in [-0.1, -0.05) is 256 Å². The first-order chi connectivity index (χ1) is 58.8. The molecule has 0 spiro atoms. The maximum Gasteiger partial charge on any atom is 0.410 e. The lowest BCUT2D eigenvalue weighted by molar-refractivity contribution is -0.113. The first-order valence-corrected chi connectivity index (χ1v) is 47.4. The highest BCUT2D eigenvalue weighted by atomic mass is 32.2. The van der Waals surface area contributed by atoms with Gasteiger partial charge in [0.2, 0.25) is 5.91 Å². The lowest BCUT2D eigenvalue weighted by Crippen LogP contribution is -2.40. The molecule has 0 saturated carbocycles. The van der Waals surface area contributed by atoms with Gasteiger partial charge in [0, 0.05) is 24.5 Å². The van der Waals surface area contributed by atoms with E-state index >= 15 is 0 Å². The summed E-state index contributed by atoms with van der Waals surface area (Å²) in [5.41, 5.74) is 23.6. The van der Waals surface area contributed by atoms with Crippen molar-refractivity contribution in [2.24, 2.45) is 0 Å². The van der Waals surface area contributed by atoms with E-state index in [0.29, 0.717) is 18.9 Å². The largest absolute Gasteiger partial charge is 0.493 e. The molecule has 14 rings (SSSR count). The normalized spacial score (nSPS) is 17.4. The molecule has 3 unspecified atom stereocenters. The summed E-state index contributed by atoms with van der Waals surface area (Å²) in [7, 11) is 1.41. The van der Waals surface area contributed by atoms with Gasteiger partial charge >= 0.3 is 24.4 Å². The standard InChI is InChI=1S/C19H29NO2.C18H27NO2.C17H25NO2.C16H23NO2.C15H22O.C12H15NOS.C12H17NO/c1-18(2,3)14-11-10-13-8-7-9-16(15(13)12-14)20-17(21)22-19(4,5)6;1-17(2,3)15-9-7-8-13-12-19(11-10-14(13)15)16(20)21-18(4,5)6;1-5-20-16(19)18-15-8-6-7-12-9-10-13(11-14(12)15)17(2,3)4;1-16(2,3)12-9-8-11-6-5-7-14(13(11)10-12)17-15(18)19-4;1-14(2,3)11-6-7-12-13(10-11)16-9-8-15(12,4)5;1-12(2,3)8-4-5-10-9(6-8)13-11(14)7-15-10;1-12(2,3)9-4-5-11-10(8-9)13-6-7-14-11/h10-12,16H,7-9H2,1-6H3,(H,20,21);7-9H,10-12H2,1-6H3;9-11,15H,5-8H2,1-4H3,(H,18,19);8-10,14H,5-7H2,1-4H3,(H,17,18);6-7,10H,8-9H2,1-5H3;4-6H,7H2,1-3H3,(H,13,14);4-5,8,13H,6-7H2,1-3H3. The fourth-order valence-corrected chi connectivity index (χ4v) is 17.2. The van der Waals surface area contributed by atoms with Crippen LogP contribution in [0, 0.1) is 0 Å². The van der Waals surface area contributed by atoms with E-state index in [4.69, 9.17) is 28.4 Å². The van der Waals surface area contributed by atoms with E-state index in [9.17, 15) is 24.0 Å². The molecule has 3 atom stereocenters. The van der Waals surface area contributed by atoms with Crippen LogP contribution in [0.4, 0.5) is 30.6 Å². The molecule has 4 aliphatic heterocycles. The van der Waals surface area contributed by atoms with E-state index in [-0.39, 0.29) is 91.7 Å². The van der Waals surface area contributed by atoms with Gasteiger partial charge in [-0.3, -0.25) is 4.79 Å². The Morgan fingerprint density at radius 2 is 0.906 bits per heavy atom. The Bertz CT molecular complexity index is 4900. The lowest BCUT2D eigenvalue weighted by Gasteiger charge is -2.34. The zero-order chi connectivity index (χ0) is 94.4. The molecule has 127 heavy (non-hydrogen) atoms. The van der Waals surface area contributed by atoms with E-state index in [2.05, 4.69) is 313 Å². The Morgan fingerprint density at radius 1 is 0.472 bits per heavy atom. The molecule has 0 bridgehead atoms. The molecule has 696 valence electrons. The summed E-state index contributed by atoms with van der Waals surface area (Å²) in [5, 5.41) is 15.2. The number of methoxy groups -OCH3 is 1. The van der Waals surface area contributed by atoms with E-state index in [1.54, 1.807) is 16.7 Å². The van der Waals surface area contributed by atoms with Crippen LogP contribution in [0.5, 0.6) is 11.5 Å². The van der Waals surface area contributed by atoms with Crippen LogP contribution in [0.15, 0.2) is 132 Å². The number of benzene rings is 7. The number of nitrogens with one attached hydrogen (secondary N) is 5. The number of hydrogen-bond donors (Lipinski definition) is 5. The Kier molecular flexibility index (Phi) is 34.6. The highest BCUT2D eigenvalue weighted by Crippen LogP contribution is 2.44. The molecular formula is C109H158N6O11S. The summed E-state index contributed by atoms with van der Waals surface area (Å²) in [5.74, 6) is 2.69. The first kappa shape index (κ1) is 103. The molecular weight excluding hydrogens is 1600 g/mol. The van der Waals surface area contributed by atoms with Crippen molar-refractivity contribution in [3.63, 3.8) is 0 Å². The van der Waals surface area contributed by atoms with E-state index in [1.165, 1.54) is 101 Å². The highest BCUT2D eigenvalue weighted by molar-refractivity contribution is 8.00. The van der Waals surface area contributed by atoms with Gasteiger partial charge in [-0.05, 0) is 282 Å². The second-order valence-electron chi connectivity index (χ2n) is 44.8. The predicted molar refractivity (Wildman–Crippen MR) is 525 cm³/mol. The van der Waals surface area contributed by atoms with Gasteiger partial charge in [0.1, 0.15) is 29.3 Å². The fourth-order valence-electron chi connectivity index (χ4n) is 16.4. The van der Waals surface area contributed by atoms with Crippen molar-refractivity contribution in [2.75, 3.05) is 56.4 Å². The summed E-state index contributed by atoms with van der Waals surface area (Å²) in [6, 6.07) is 46.1. The minimum Gasteiger partial charge on any atom is -0.493 e. The second-order valence-corrected chi connectivity index (χ2v) is 45.8. The maximum atomic E-state index is 12.2. The molecule has 0 radical (unpaired) electrons. The number of hydrogen-bond acceptors (Lipinski definition) is 13. The molecule has 0 fully saturated rings. The van der Waals surface area contributed by atoms with Crippen LogP contribution >= 0.6 is 11.8 Å². The number of fused-ring (bicyclic) bond motifs is 7. The average molecular weight is 1760 g/mol. The second kappa shape index (κ2) is 42.6. The molecule has 3 aliphatic carbocycles. The van der Waals surface area contributed by atoms with Gasteiger partial charge < -0.3 is 59.9 Å². The van der Waals surface area contributed by atoms with Crippen LogP contribution in [0.25, 0.3) is 0 Å². The third-order valence-electron chi connectivity index (χ3n) is 24.0. The summed E-state index contributed by atoms with van der Waals surface area (Å²) in [4.78, 5) is 61.6. The molecule has 0 aromatic heterocycles. The van der Waals surface area contributed by atoms with Crippen molar-refractivity contribution in [1.82, 2.24) is 20.9 Å². The number of anilines is 2. The minimum atomic E-state index is -0.463. The zero-order valence-electron chi connectivity index (χ0n) is 83.4. The van der Waals surface area contributed by atoms with Crippen molar-refractivity contribution in [3.8, 4) is 11.5 Å². The van der Waals surface area contributed by atoms with Crippen molar-refractivity contribution < 1.29 is 52.4 Å². The van der Waals surface area contributed by atoms with Crippen molar-refractivity contribution in [3.05, 3.63) is 216 Å². The number of nitrogens with zero attached hydrogens (tertiary/aromatic N) is 1. The van der Waals surface area contributed by atoms with E-state index < -0.39 is 11.2 Å². The zero-order valence-corrected chi connectivity index (χ0v) is 84.2. The number of alkyl carbamates (subject to hydrolysis) is 3. The summed E-state index contributed by atoms with van der Waals surface area (Å²) in [6.45, 7) is 68.6. The SMILES string of the molecule is CC(C)(C)OC(=O)N1CCc2c(cccc2C(C)(C)C)C1.CC(C)(C)OC(=O)NC1CCCc2ccc(C(C)(C)C)cc21.CC(C)(C)c1ccc2c(c1)NC(=O)CS2.CC(C)(C)c1ccc2c(c1)NCCO2.CC(C)(C)c1ccc2c(c1)OCCC2(C)C.CCOC(=O)NC1CCCc2ccc(C(C)(C)C)cc21.COC(=O)NC1CCCc2ccc(C(C)(C)C)cc21. The van der Waals surface area contributed by atoms with Crippen LogP contribution in [-0.4, -0.2) is 92.2 Å². The average Bonchev–Trinajstić information content (AvgIpc) is 0.706. The Morgan fingerprint density at radius 3 is 1.37 bits per heavy atom. The van der Waals surface area contributed by atoms with Gasteiger partial charge in [0.05, 0.1) is 55.6 Å². The molecule has 7 aliphatic rings. The minimum absolute atomic E-state index is 0.0564. The molecule has 4 heterocycles. The van der Waals surface area contributed by atoms with Crippen LogP contribution < -0.4 is 36.1 Å². The summed E-state index contributed by atoms with van der Waals surface area (Å²) in [6.07, 6.45) is 10.3. The molecule has 17 nitrogen and oxygen atoms in total. The maximum absolute atomic E-state index is 12.2. The van der Waals surface area contributed by atoms with Crippen molar-refractivity contribution >= 4 is 53.4 Å². The number of rotatable bonds is 4. The smallest absolute Gasteiger partial charge is 0.410 e. The molecule has 0 saturated heterocycles. The molecule has 5 amide bonds. The third-order valence-corrected chi connectivity index (χ3v) is 25.1. The Labute approximate surface area is 768 Å². The van der Waals surface area contributed by atoms with Crippen LogP contribution in [-0.2, 0) is 99.3 Å². The van der Waals surface area contributed by atoms with Gasteiger partial charge in [-0.25, -0.2) is 19.2 Å². The highest BCUT2D eigenvalue weighted by Gasteiger charge is 2.35. The number of amides is 5. The van der Waals surface area contributed by atoms with Gasteiger partial charge in [-0.15, -0.1) is 11.8 Å². The fraction of sp³-hybridized carbons (Fsp3) is 0.569. The van der Waals surface area contributed by atoms with Gasteiger partial charge in [0.25, 0.3) is 0 Å². The third kappa shape index (κ3) is 30.8. The molecule has 18 heteroatoms. The van der Waals surface area contributed by atoms with Crippen LogP contribution in [0.1, 0.15) is 360 Å². The number of ether oxygens (including phenoxy) is 6. The van der Waals surface area contributed by atoms with Crippen LogP contribution in [0.3, 0.4) is 0 Å². The topological polar surface area (TPSA) is 204 Å². The van der Waals surface area contributed by atoms with Gasteiger partial charge in [-0.2, -0.15) is 0 Å². The van der Waals surface area contributed by atoms with Crippen molar-refractivity contribution in [2.45, 2.75) is 362 Å². The van der Waals surface area contributed by atoms with Crippen LogP contribution in [0.2, 0.25) is 0 Å². The van der Waals surface area contributed by atoms with E-state index in [0.717, 1.165) is 120 Å². The number of thioether (sulfide) groups is 1. The molecule has 5 N–H and O–H groups in total. The lowest BCUT2D eigenvalue weighted by atomic mass is 9.77. The molecule has 7 aromatic carbocycles. The number of carbonyl (C=O) groups excluding carboxylic acids is 5. The first-order valence-electron chi connectivity index (χ1n) is 46.4. The Hall–Kier alpha value is -9.16. The summed E-state index contributed by atoms with van der Waals surface area (Å²) >= 11 is 1.60. The van der Waals surface area contributed by atoms with Gasteiger partial charge in [0.15, 0.2) is 0 Å². The summed E-state index contributed by atoms with van der Waals surface area (Å²) < 4.78 is 31.9. The monoisotopic (exact) mass is 1760 g/mol. The quantitative estimate of drug-likeness (QED) is 0.104. The predicted octanol–water partition coefficient (Wildman–Crippen LogP) is 26.8. The van der Waals surface area contributed by atoms with E-state index in [1.807, 2.05) is 48.5 Å². The number of carbonyl (C=O) groups is 5. The molecule has 7 aromatic rings.